The summed E-state index contributed by atoms with van der Waals surface area (Å²) in [5.74, 6) is 0. The van der Waals surface area contributed by atoms with Crippen molar-refractivity contribution in [3.8, 4) is 0 Å². The van der Waals surface area contributed by atoms with E-state index in [4.69, 9.17) is 17.3 Å². The topological polar surface area (TPSA) is 72.2 Å². The summed E-state index contributed by atoms with van der Waals surface area (Å²) in [5, 5.41) is 0.563. The molecule has 0 fully saturated rings. The summed E-state index contributed by atoms with van der Waals surface area (Å²) in [7, 11) is -3.67. The van der Waals surface area contributed by atoms with Gasteiger partial charge < -0.3 is 5.73 Å². The summed E-state index contributed by atoms with van der Waals surface area (Å²) in [6, 6.07) is 13.0. The molecule has 1 unspecified atom stereocenters. The van der Waals surface area contributed by atoms with Gasteiger partial charge in [-0.3, -0.25) is 0 Å². The Morgan fingerprint density at radius 1 is 1.15 bits per heavy atom. The van der Waals surface area contributed by atoms with Gasteiger partial charge in [-0.2, -0.15) is 0 Å². The van der Waals surface area contributed by atoms with Gasteiger partial charge in [0.05, 0.1) is 5.69 Å². The Balaban J connectivity index is 2.27. The maximum atomic E-state index is 12.3. The fraction of sp³-hybridized carbons (Fsp3) is 0.143. The van der Waals surface area contributed by atoms with Crippen LogP contribution in [0.1, 0.15) is 18.5 Å². The second-order valence-electron chi connectivity index (χ2n) is 4.44. The Morgan fingerprint density at radius 3 is 2.50 bits per heavy atom. The molecule has 2 aromatic rings. The predicted octanol–water partition coefficient (Wildman–Crippen LogP) is 2.96. The van der Waals surface area contributed by atoms with Gasteiger partial charge in [0.15, 0.2) is 0 Å². The van der Waals surface area contributed by atoms with Crippen LogP contribution in [0.4, 0.5) is 5.69 Å². The number of rotatable bonds is 4. The minimum Gasteiger partial charge on any atom is -0.398 e. The van der Waals surface area contributed by atoms with E-state index in [0.717, 1.165) is 5.56 Å². The average molecular weight is 311 g/mol. The molecule has 20 heavy (non-hydrogen) atoms. The second kappa shape index (κ2) is 5.83. The van der Waals surface area contributed by atoms with E-state index in [1.807, 2.05) is 6.07 Å². The molecule has 0 heterocycles. The van der Waals surface area contributed by atoms with Crippen LogP contribution >= 0.6 is 11.6 Å². The molecule has 1 atom stereocenters. The van der Waals surface area contributed by atoms with Gasteiger partial charge in [0.1, 0.15) is 4.90 Å². The summed E-state index contributed by atoms with van der Waals surface area (Å²) in [6.45, 7) is 1.75. The molecule has 0 aromatic heterocycles. The van der Waals surface area contributed by atoms with Crippen molar-refractivity contribution in [2.24, 2.45) is 0 Å². The van der Waals surface area contributed by atoms with E-state index in [1.54, 1.807) is 43.3 Å². The fourth-order valence-electron chi connectivity index (χ4n) is 1.87. The number of benzene rings is 2. The number of nitrogens with two attached hydrogens (primary N) is 1. The molecular formula is C14H15ClN2O2S. The van der Waals surface area contributed by atoms with E-state index < -0.39 is 16.1 Å². The standard InChI is InChI=1S/C14H15ClN2O2S/c1-10(11-5-4-6-12(15)9-11)17-20(18,19)14-8-3-2-7-13(14)16/h2-10,17H,16H2,1H3. The van der Waals surface area contributed by atoms with Crippen LogP contribution in [-0.2, 0) is 10.0 Å². The summed E-state index contributed by atoms with van der Waals surface area (Å²) >= 11 is 5.91. The third-order valence-corrected chi connectivity index (χ3v) is 4.74. The molecular weight excluding hydrogens is 296 g/mol. The van der Waals surface area contributed by atoms with Crippen LogP contribution in [0, 0.1) is 0 Å². The number of nitrogen functional groups attached to an aromatic ring is 1. The third-order valence-electron chi connectivity index (χ3n) is 2.89. The van der Waals surface area contributed by atoms with Crippen LogP contribution in [0.2, 0.25) is 5.02 Å². The van der Waals surface area contributed by atoms with E-state index in [9.17, 15) is 8.42 Å². The Labute approximate surface area is 123 Å². The van der Waals surface area contributed by atoms with Crippen LogP contribution in [-0.4, -0.2) is 8.42 Å². The minimum absolute atomic E-state index is 0.0777. The largest absolute Gasteiger partial charge is 0.398 e. The van der Waals surface area contributed by atoms with E-state index in [-0.39, 0.29) is 10.6 Å². The van der Waals surface area contributed by atoms with Crippen molar-refractivity contribution in [1.29, 1.82) is 0 Å². The maximum Gasteiger partial charge on any atom is 0.243 e. The molecule has 3 N–H and O–H groups in total. The average Bonchev–Trinajstić information content (AvgIpc) is 2.38. The number of hydrogen-bond donors (Lipinski definition) is 2. The van der Waals surface area contributed by atoms with Crippen molar-refractivity contribution in [2.75, 3.05) is 5.73 Å². The van der Waals surface area contributed by atoms with Gasteiger partial charge in [-0.05, 0) is 36.8 Å². The number of halogens is 1. The van der Waals surface area contributed by atoms with E-state index in [2.05, 4.69) is 4.72 Å². The Hall–Kier alpha value is -1.56. The lowest BCUT2D eigenvalue weighted by molar-refractivity contribution is 0.567. The fourth-order valence-corrected chi connectivity index (χ4v) is 3.43. The van der Waals surface area contributed by atoms with Crippen LogP contribution in [0.15, 0.2) is 53.4 Å². The lowest BCUT2D eigenvalue weighted by Gasteiger charge is -2.15. The molecule has 4 nitrogen and oxygen atoms in total. The zero-order valence-electron chi connectivity index (χ0n) is 10.9. The molecule has 0 radical (unpaired) electrons. The monoisotopic (exact) mass is 310 g/mol. The molecule has 0 aliphatic carbocycles. The zero-order chi connectivity index (χ0) is 14.8. The highest BCUT2D eigenvalue weighted by Gasteiger charge is 2.20. The van der Waals surface area contributed by atoms with Crippen molar-refractivity contribution in [2.45, 2.75) is 17.9 Å². The number of nitrogens with one attached hydrogen (secondary N) is 1. The molecule has 2 rings (SSSR count). The quantitative estimate of drug-likeness (QED) is 0.853. The summed E-state index contributed by atoms with van der Waals surface area (Å²) in [6.07, 6.45) is 0. The smallest absolute Gasteiger partial charge is 0.243 e. The normalized spacial score (nSPS) is 13.1. The molecule has 0 aliphatic rings. The molecule has 0 saturated carbocycles. The van der Waals surface area contributed by atoms with Gasteiger partial charge in [-0.15, -0.1) is 0 Å². The van der Waals surface area contributed by atoms with Crippen LogP contribution in [0.25, 0.3) is 0 Å². The molecule has 0 bridgehead atoms. The van der Waals surface area contributed by atoms with E-state index in [0.29, 0.717) is 5.02 Å². The van der Waals surface area contributed by atoms with Crippen molar-refractivity contribution >= 4 is 27.3 Å². The Morgan fingerprint density at radius 2 is 1.85 bits per heavy atom. The van der Waals surface area contributed by atoms with Crippen LogP contribution in [0.3, 0.4) is 0 Å². The molecule has 6 heteroatoms. The highest BCUT2D eigenvalue weighted by molar-refractivity contribution is 7.89. The van der Waals surface area contributed by atoms with Crippen molar-refractivity contribution in [3.05, 3.63) is 59.1 Å². The zero-order valence-corrected chi connectivity index (χ0v) is 12.4. The summed E-state index contributed by atoms with van der Waals surface area (Å²) in [4.78, 5) is 0.0777. The number of para-hydroxylation sites is 1. The predicted molar refractivity (Wildman–Crippen MR) is 81.0 cm³/mol. The Bertz CT molecular complexity index is 717. The number of hydrogen-bond acceptors (Lipinski definition) is 3. The van der Waals surface area contributed by atoms with Gasteiger partial charge in [0.25, 0.3) is 0 Å². The van der Waals surface area contributed by atoms with Gasteiger partial charge in [0, 0.05) is 11.1 Å². The summed E-state index contributed by atoms with van der Waals surface area (Å²) in [5.41, 5.74) is 6.71. The summed E-state index contributed by atoms with van der Waals surface area (Å²) < 4.78 is 27.2. The maximum absolute atomic E-state index is 12.3. The number of anilines is 1. The van der Waals surface area contributed by atoms with Gasteiger partial charge in [0.2, 0.25) is 10.0 Å². The molecule has 0 spiro atoms. The minimum atomic E-state index is -3.67. The highest BCUT2D eigenvalue weighted by Crippen LogP contribution is 2.22. The molecule has 0 saturated heterocycles. The van der Waals surface area contributed by atoms with E-state index >= 15 is 0 Å². The molecule has 106 valence electrons. The lowest BCUT2D eigenvalue weighted by atomic mass is 10.1. The first-order valence-electron chi connectivity index (χ1n) is 6.02. The first-order valence-corrected chi connectivity index (χ1v) is 7.88. The molecule has 2 aromatic carbocycles. The lowest BCUT2D eigenvalue weighted by Crippen LogP contribution is -2.27. The van der Waals surface area contributed by atoms with Crippen molar-refractivity contribution in [3.63, 3.8) is 0 Å². The first-order chi connectivity index (χ1) is 9.40. The molecule has 0 amide bonds. The van der Waals surface area contributed by atoms with Gasteiger partial charge in [-0.1, -0.05) is 35.9 Å². The van der Waals surface area contributed by atoms with Gasteiger partial charge >= 0.3 is 0 Å². The van der Waals surface area contributed by atoms with Crippen LogP contribution < -0.4 is 10.5 Å². The highest BCUT2D eigenvalue weighted by atomic mass is 35.5. The van der Waals surface area contributed by atoms with Crippen LogP contribution in [0.5, 0.6) is 0 Å². The number of sulfonamides is 1. The first kappa shape index (κ1) is 14.8. The third kappa shape index (κ3) is 3.30. The van der Waals surface area contributed by atoms with Crippen molar-refractivity contribution in [1.82, 2.24) is 4.72 Å². The SMILES string of the molecule is CC(NS(=O)(=O)c1ccccc1N)c1cccc(Cl)c1. The molecule has 0 aliphatic heterocycles. The Kier molecular flexibility index (Phi) is 4.32. The van der Waals surface area contributed by atoms with E-state index in [1.165, 1.54) is 6.07 Å². The van der Waals surface area contributed by atoms with Crippen molar-refractivity contribution < 1.29 is 8.42 Å². The second-order valence-corrected chi connectivity index (χ2v) is 6.55. The van der Waals surface area contributed by atoms with Gasteiger partial charge in [-0.25, -0.2) is 13.1 Å².